The number of benzene rings is 3. The minimum atomic E-state index is -0.101. The van der Waals surface area contributed by atoms with Crippen molar-refractivity contribution in [1.82, 2.24) is 4.98 Å². The highest BCUT2D eigenvalue weighted by Gasteiger charge is 2.05. The van der Waals surface area contributed by atoms with Crippen molar-refractivity contribution >= 4 is 67.0 Å². The van der Waals surface area contributed by atoms with Crippen molar-refractivity contribution < 1.29 is 15.0 Å². The lowest BCUT2D eigenvalue weighted by Gasteiger charge is -2.02. The number of rotatable bonds is 6. The van der Waals surface area contributed by atoms with Crippen molar-refractivity contribution in [3.63, 3.8) is 0 Å². The van der Waals surface area contributed by atoms with E-state index in [4.69, 9.17) is 11.6 Å². The number of nitrogens with one attached hydrogen (secondary N) is 1. The fourth-order valence-electron chi connectivity index (χ4n) is 2.76. The van der Waals surface area contributed by atoms with Gasteiger partial charge in [-0.2, -0.15) is 0 Å². The molecule has 1 aromatic heterocycles. The van der Waals surface area contributed by atoms with Crippen molar-refractivity contribution in [3.8, 4) is 11.5 Å². The lowest BCUT2D eigenvalue weighted by Crippen LogP contribution is -1.96. The van der Waals surface area contributed by atoms with Crippen LogP contribution in [-0.2, 0) is 0 Å². The second-order valence-corrected chi connectivity index (χ2v) is 9.34. The minimum Gasteiger partial charge on any atom is -0.506 e. The molecule has 3 N–H and O–H groups in total. The van der Waals surface area contributed by atoms with E-state index in [9.17, 15) is 15.0 Å². The van der Waals surface area contributed by atoms with Crippen LogP contribution in [0, 0.1) is 0 Å². The molecule has 0 aliphatic rings. The van der Waals surface area contributed by atoms with E-state index in [0.29, 0.717) is 32.1 Å². The van der Waals surface area contributed by atoms with Gasteiger partial charge < -0.3 is 15.5 Å². The molecule has 0 bridgehead atoms. The fraction of sp³-hybridized carbons (Fsp3) is 0. The number of anilines is 1. The van der Waals surface area contributed by atoms with Crippen molar-refractivity contribution in [3.05, 3.63) is 122 Å². The van der Waals surface area contributed by atoms with E-state index >= 15 is 0 Å². The summed E-state index contributed by atoms with van der Waals surface area (Å²) >= 11 is 12.4. The summed E-state index contributed by atoms with van der Waals surface area (Å²) in [4.78, 5) is 20.0. The Bertz CT molecular complexity index is 1380. The Labute approximate surface area is 230 Å². The summed E-state index contributed by atoms with van der Waals surface area (Å²) in [5.74, 6) is 0.718. The topological polar surface area (TPSA) is 94.8 Å². The molecule has 0 aliphatic heterocycles. The van der Waals surface area contributed by atoms with Gasteiger partial charge in [0.25, 0.3) is 0 Å². The van der Waals surface area contributed by atoms with Gasteiger partial charge in [0.05, 0.1) is 10.2 Å². The number of halogens is 3. The largest absolute Gasteiger partial charge is 0.506 e. The van der Waals surface area contributed by atoms with Crippen LogP contribution in [-0.4, -0.2) is 27.2 Å². The van der Waals surface area contributed by atoms with Gasteiger partial charge in [0.15, 0.2) is 11.6 Å². The molecule has 4 rings (SSSR count). The first kappa shape index (κ1) is 27.1. The van der Waals surface area contributed by atoms with Gasteiger partial charge >= 0.3 is 0 Å². The second-order valence-electron chi connectivity index (χ2n) is 7.14. The standard InChI is InChI=1S/C15H12BrNO2.C12H8BrClN2O/c16-12-7-5-11(6-8-12)14(18)9-10-17-13-3-1-2-4-15(13)19;13-10-6-9(14)5-8(12(10)17)7-16-11-3-1-2-4-15-11/h1-10,17,19H;1-7,17H. The highest BCUT2D eigenvalue weighted by Crippen LogP contribution is 2.30. The maximum Gasteiger partial charge on any atom is 0.187 e. The average molecular weight is 630 g/mol. The van der Waals surface area contributed by atoms with E-state index in [2.05, 4.69) is 47.2 Å². The van der Waals surface area contributed by atoms with Gasteiger partial charge in [0.2, 0.25) is 0 Å². The van der Waals surface area contributed by atoms with Crippen molar-refractivity contribution in [1.29, 1.82) is 0 Å². The number of allylic oxidation sites excluding steroid dienone is 1. The molecule has 0 fully saturated rings. The summed E-state index contributed by atoms with van der Waals surface area (Å²) in [6, 6.07) is 22.6. The lowest BCUT2D eigenvalue weighted by atomic mass is 10.1. The third-order valence-electron chi connectivity index (χ3n) is 4.55. The molecule has 182 valence electrons. The first-order valence-corrected chi connectivity index (χ1v) is 12.4. The molecule has 0 radical (unpaired) electrons. The zero-order valence-electron chi connectivity index (χ0n) is 18.6. The third kappa shape index (κ3) is 8.34. The number of aromatic nitrogens is 1. The number of phenolic OH excluding ortho intramolecular Hbond substituents is 2. The number of nitrogens with zero attached hydrogens (tertiary/aromatic N) is 2. The molecule has 36 heavy (non-hydrogen) atoms. The molecule has 0 aliphatic carbocycles. The minimum absolute atomic E-state index is 0.101. The second kappa shape index (κ2) is 13.6. The molecule has 0 amide bonds. The summed E-state index contributed by atoms with van der Waals surface area (Å²) in [7, 11) is 0. The van der Waals surface area contributed by atoms with Crippen molar-refractivity contribution in [2.75, 3.05) is 5.32 Å². The van der Waals surface area contributed by atoms with Gasteiger partial charge in [-0.15, -0.1) is 0 Å². The Morgan fingerprint density at radius 1 is 0.972 bits per heavy atom. The van der Waals surface area contributed by atoms with E-state index in [-0.39, 0.29) is 17.3 Å². The molecule has 0 spiro atoms. The van der Waals surface area contributed by atoms with E-state index < -0.39 is 0 Å². The summed E-state index contributed by atoms with van der Waals surface area (Å²) in [6.45, 7) is 0. The summed E-state index contributed by atoms with van der Waals surface area (Å²) < 4.78 is 1.47. The molecule has 0 saturated heterocycles. The van der Waals surface area contributed by atoms with Crippen molar-refractivity contribution in [2.45, 2.75) is 0 Å². The SMILES string of the molecule is O=C(C=CNc1ccccc1O)c1ccc(Br)cc1.Oc1c(Br)cc(Cl)cc1C=Nc1ccccn1. The number of hydrogen-bond donors (Lipinski definition) is 3. The average Bonchev–Trinajstić information content (AvgIpc) is 2.88. The molecule has 0 atom stereocenters. The van der Waals surface area contributed by atoms with Crippen LogP contribution in [0.25, 0.3) is 0 Å². The van der Waals surface area contributed by atoms with Crippen LogP contribution in [0.3, 0.4) is 0 Å². The van der Waals surface area contributed by atoms with Gasteiger partial charge in [-0.05, 0) is 76.6 Å². The van der Waals surface area contributed by atoms with Gasteiger partial charge in [0, 0.05) is 45.3 Å². The van der Waals surface area contributed by atoms with Crippen LogP contribution in [0.5, 0.6) is 11.5 Å². The number of carbonyl (C=O) groups excluding carboxylic acids is 1. The summed E-state index contributed by atoms with van der Waals surface area (Å²) in [6.07, 6.45) is 6.11. The maximum atomic E-state index is 11.8. The highest BCUT2D eigenvalue weighted by atomic mass is 79.9. The summed E-state index contributed by atoms with van der Waals surface area (Å²) in [5, 5.41) is 22.7. The smallest absolute Gasteiger partial charge is 0.187 e. The molecule has 4 aromatic rings. The molecule has 1 heterocycles. The Balaban J connectivity index is 0.000000202. The molecular formula is C27H20Br2ClN3O3. The molecule has 3 aromatic carbocycles. The van der Waals surface area contributed by atoms with Crippen LogP contribution in [0.4, 0.5) is 11.5 Å². The number of ketones is 1. The quantitative estimate of drug-likeness (QED) is 0.0872. The van der Waals surface area contributed by atoms with Crippen LogP contribution >= 0.6 is 43.5 Å². The Morgan fingerprint density at radius 2 is 1.69 bits per heavy atom. The third-order valence-corrected chi connectivity index (χ3v) is 5.90. The molecule has 0 unspecified atom stereocenters. The van der Waals surface area contributed by atoms with Crippen LogP contribution < -0.4 is 5.32 Å². The normalized spacial score (nSPS) is 10.8. The molecule has 6 nitrogen and oxygen atoms in total. The van der Waals surface area contributed by atoms with Gasteiger partial charge in [-0.25, -0.2) is 9.98 Å². The lowest BCUT2D eigenvalue weighted by molar-refractivity contribution is 0.104. The van der Waals surface area contributed by atoms with Crippen molar-refractivity contribution in [2.24, 2.45) is 4.99 Å². The Morgan fingerprint density at radius 3 is 2.39 bits per heavy atom. The van der Waals surface area contributed by atoms with Crippen LogP contribution in [0.1, 0.15) is 15.9 Å². The first-order chi connectivity index (χ1) is 17.3. The predicted molar refractivity (Wildman–Crippen MR) is 152 cm³/mol. The Hall–Kier alpha value is -3.46. The molecule has 0 saturated carbocycles. The zero-order valence-corrected chi connectivity index (χ0v) is 22.6. The van der Waals surface area contributed by atoms with E-state index in [1.54, 1.807) is 60.8 Å². The van der Waals surface area contributed by atoms with E-state index in [1.165, 1.54) is 18.5 Å². The molecule has 9 heteroatoms. The maximum absolute atomic E-state index is 11.8. The summed E-state index contributed by atoms with van der Waals surface area (Å²) in [5.41, 5.74) is 1.70. The number of phenols is 2. The number of pyridine rings is 1. The Kier molecular flexibility index (Phi) is 10.2. The van der Waals surface area contributed by atoms with Crippen LogP contribution in [0.2, 0.25) is 5.02 Å². The number of para-hydroxylation sites is 2. The number of hydrogen-bond acceptors (Lipinski definition) is 6. The fourth-order valence-corrected chi connectivity index (χ4v) is 3.86. The highest BCUT2D eigenvalue weighted by molar-refractivity contribution is 9.10. The van der Waals surface area contributed by atoms with Crippen LogP contribution in [0.15, 0.2) is 111 Å². The molecular weight excluding hydrogens is 610 g/mol. The zero-order chi connectivity index (χ0) is 25.9. The monoisotopic (exact) mass is 627 g/mol. The number of aliphatic imine (C=N–C) groups is 1. The number of carbonyl (C=O) groups is 1. The first-order valence-electron chi connectivity index (χ1n) is 10.5. The number of aromatic hydroxyl groups is 2. The van der Waals surface area contributed by atoms with Gasteiger partial charge in [-0.1, -0.05) is 45.7 Å². The van der Waals surface area contributed by atoms with E-state index in [1.807, 2.05) is 24.3 Å². The van der Waals surface area contributed by atoms with E-state index in [0.717, 1.165) is 4.47 Å². The van der Waals surface area contributed by atoms with Gasteiger partial charge in [0.1, 0.15) is 11.5 Å². The predicted octanol–water partition coefficient (Wildman–Crippen LogP) is 7.92. The van der Waals surface area contributed by atoms with Gasteiger partial charge in [-0.3, -0.25) is 4.79 Å².